The maximum Gasteiger partial charge on any atom is 0.130 e. The lowest BCUT2D eigenvalue weighted by Crippen LogP contribution is -2.39. The van der Waals surface area contributed by atoms with Crippen LogP contribution in [0, 0.1) is 6.92 Å². The second kappa shape index (κ2) is 4.57. The van der Waals surface area contributed by atoms with Crippen LogP contribution >= 0.6 is 0 Å². The number of anilines is 1. The van der Waals surface area contributed by atoms with E-state index in [2.05, 4.69) is 36.1 Å². The molecule has 1 rings (SSSR count). The monoisotopic (exact) mass is 208 g/mol. The lowest BCUT2D eigenvalue weighted by molar-refractivity contribution is 0.576. The fraction of sp³-hybridized carbons (Fsp3) is 0.636. The van der Waals surface area contributed by atoms with E-state index in [4.69, 9.17) is 5.73 Å². The first kappa shape index (κ1) is 11.9. The second-order valence-electron chi connectivity index (χ2n) is 4.36. The van der Waals surface area contributed by atoms with Crippen LogP contribution in [-0.4, -0.2) is 22.1 Å². The van der Waals surface area contributed by atoms with Gasteiger partial charge in [0, 0.05) is 23.8 Å². The molecule has 0 bridgehead atoms. The summed E-state index contributed by atoms with van der Waals surface area (Å²) in [5.41, 5.74) is 6.58. The maximum absolute atomic E-state index is 5.66. The first-order valence-corrected chi connectivity index (χ1v) is 5.29. The molecule has 4 heteroatoms. The van der Waals surface area contributed by atoms with Crippen molar-refractivity contribution in [2.75, 3.05) is 11.9 Å². The zero-order chi connectivity index (χ0) is 11.5. The van der Waals surface area contributed by atoms with Crippen molar-refractivity contribution >= 4 is 5.82 Å². The van der Waals surface area contributed by atoms with Gasteiger partial charge in [-0.15, -0.1) is 0 Å². The first-order chi connectivity index (χ1) is 6.96. The number of nitrogens with two attached hydrogens (primary N) is 1. The molecule has 0 atom stereocenters. The molecule has 0 aliphatic rings. The SMILES string of the molecule is CCc1cc(NC(C)(C)CN)nc(C)n1. The van der Waals surface area contributed by atoms with Crippen LogP contribution in [0.1, 0.15) is 32.3 Å². The molecule has 1 aromatic heterocycles. The number of hydrogen-bond donors (Lipinski definition) is 2. The Balaban J connectivity index is 2.90. The molecule has 0 amide bonds. The molecule has 0 aliphatic heterocycles. The van der Waals surface area contributed by atoms with Crippen LogP contribution in [-0.2, 0) is 6.42 Å². The van der Waals surface area contributed by atoms with Crippen LogP contribution in [0.25, 0.3) is 0 Å². The van der Waals surface area contributed by atoms with Gasteiger partial charge in [0.1, 0.15) is 11.6 Å². The molecule has 0 saturated carbocycles. The summed E-state index contributed by atoms with van der Waals surface area (Å²) in [6.07, 6.45) is 0.918. The molecule has 15 heavy (non-hydrogen) atoms. The van der Waals surface area contributed by atoms with Crippen molar-refractivity contribution in [1.82, 2.24) is 9.97 Å². The van der Waals surface area contributed by atoms with Crippen molar-refractivity contribution < 1.29 is 0 Å². The van der Waals surface area contributed by atoms with E-state index >= 15 is 0 Å². The number of aryl methyl sites for hydroxylation is 2. The maximum atomic E-state index is 5.66. The van der Waals surface area contributed by atoms with Crippen molar-refractivity contribution in [2.24, 2.45) is 5.73 Å². The van der Waals surface area contributed by atoms with Gasteiger partial charge in [0.25, 0.3) is 0 Å². The van der Waals surface area contributed by atoms with Crippen LogP contribution in [0.15, 0.2) is 6.07 Å². The molecule has 1 aromatic rings. The third-order valence-corrected chi connectivity index (χ3v) is 2.23. The summed E-state index contributed by atoms with van der Waals surface area (Å²) in [6, 6.07) is 1.98. The van der Waals surface area contributed by atoms with Crippen LogP contribution in [0.4, 0.5) is 5.82 Å². The van der Waals surface area contributed by atoms with E-state index < -0.39 is 0 Å². The summed E-state index contributed by atoms with van der Waals surface area (Å²) in [5.74, 6) is 1.65. The predicted octanol–water partition coefficient (Wildman–Crippen LogP) is 1.50. The van der Waals surface area contributed by atoms with Gasteiger partial charge in [-0.3, -0.25) is 0 Å². The van der Waals surface area contributed by atoms with Gasteiger partial charge in [-0.2, -0.15) is 0 Å². The van der Waals surface area contributed by atoms with Gasteiger partial charge < -0.3 is 11.1 Å². The molecule has 0 radical (unpaired) electrons. The number of nitrogens with one attached hydrogen (secondary N) is 1. The molecule has 1 heterocycles. The van der Waals surface area contributed by atoms with Gasteiger partial charge in [0.05, 0.1) is 0 Å². The lowest BCUT2D eigenvalue weighted by atomic mass is 10.1. The van der Waals surface area contributed by atoms with Crippen molar-refractivity contribution in [2.45, 2.75) is 39.7 Å². The van der Waals surface area contributed by atoms with E-state index in [1.165, 1.54) is 0 Å². The highest BCUT2D eigenvalue weighted by Crippen LogP contribution is 2.13. The summed E-state index contributed by atoms with van der Waals surface area (Å²) < 4.78 is 0. The Morgan fingerprint density at radius 1 is 1.40 bits per heavy atom. The standard InChI is InChI=1S/C11H20N4/c1-5-9-6-10(14-8(2)13-9)15-11(3,4)7-12/h6H,5,7,12H2,1-4H3,(H,13,14,15). The van der Waals surface area contributed by atoms with E-state index in [0.717, 1.165) is 23.8 Å². The molecule has 84 valence electrons. The number of nitrogens with zero attached hydrogens (tertiary/aromatic N) is 2. The number of hydrogen-bond acceptors (Lipinski definition) is 4. The molecule has 0 fully saturated rings. The molecular formula is C11H20N4. The normalized spacial score (nSPS) is 11.5. The second-order valence-corrected chi connectivity index (χ2v) is 4.36. The molecule has 0 aromatic carbocycles. The Morgan fingerprint density at radius 2 is 2.07 bits per heavy atom. The molecule has 4 nitrogen and oxygen atoms in total. The average molecular weight is 208 g/mol. The summed E-state index contributed by atoms with van der Waals surface area (Å²) in [5, 5.41) is 3.31. The molecule has 0 unspecified atom stereocenters. The van der Waals surface area contributed by atoms with E-state index in [0.29, 0.717) is 6.54 Å². The summed E-state index contributed by atoms with van der Waals surface area (Å²) in [6.45, 7) is 8.66. The van der Waals surface area contributed by atoms with Gasteiger partial charge >= 0.3 is 0 Å². The predicted molar refractivity (Wildman–Crippen MR) is 62.9 cm³/mol. The van der Waals surface area contributed by atoms with Crippen LogP contribution in [0.5, 0.6) is 0 Å². The lowest BCUT2D eigenvalue weighted by Gasteiger charge is -2.25. The summed E-state index contributed by atoms with van der Waals surface area (Å²) in [4.78, 5) is 8.66. The third-order valence-electron chi connectivity index (χ3n) is 2.23. The van der Waals surface area contributed by atoms with Crippen LogP contribution in [0.3, 0.4) is 0 Å². The Morgan fingerprint density at radius 3 is 2.60 bits per heavy atom. The van der Waals surface area contributed by atoms with Gasteiger partial charge in [-0.05, 0) is 27.2 Å². The minimum Gasteiger partial charge on any atom is -0.364 e. The fourth-order valence-corrected chi connectivity index (χ4v) is 1.27. The molecule has 0 aliphatic carbocycles. The summed E-state index contributed by atoms with van der Waals surface area (Å²) in [7, 11) is 0. The van der Waals surface area contributed by atoms with E-state index in [9.17, 15) is 0 Å². The van der Waals surface area contributed by atoms with Crippen LogP contribution < -0.4 is 11.1 Å². The topological polar surface area (TPSA) is 63.8 Å². The highest BCUT2D eigenvalue weighted by molar-refractivity contribution is 5.38. The van der Waals surface area contributed by atoms with E-state index in [1.54, 1.807) is 0 Å². The Hall–Kier alpha value is -1.16. The first-order valence-electron chi connectivity index (χ1n) is 5.29. The van der Waals surface area contributed by atoms with E-state index in [1.807, 2.05) is 13.0 Å². The zero-order valence-corrected chi connectivity index (χ0v) is 9.96. The smallest absolute Gasteiger partial charge is 0.130 e. The minimum atomic E-state index is -0.133. The Kier molecular flexibility index (Phi) is 3.63. The van der Waals surface area contributed by atoms with Crippen molar-refractivity contribution in [1.29, 1.82) is 0 Å². The molecule has 3 N–H and O–H groups in total. The van der Waals surface area contributed by atoms with Gasteiger partial charge in [-0.1, -0.05) is 6.92 Å². The average Bonchev–Trinajstić information content (AvgIpc) is 2.16. The zero-order valence-electron chi connectivity index (χ0n) is 9.96. The van der Waals surface area contributed by atoms with E-state index in [-0.39, 0.29) is 5.54 Å². The van der Waals surface area contributed by atoms with Crippen molar-refractivity contribution in [3.63, 3.8) is 0 Å². The number of aromatic nitrogens is 2. The van der Waals surface area contributed by atoms with Crippen LogP contribution in [0.2, 0.25) is 0 Å². The van der Waals surface area contributed by atoms with Gasteiger partial charge in [0.15, 0.2) is 0 Å². The number of rotatable bonds is 4. The summed E-state index contributed by atoms with van der Waals surface area (Å²) >= 11 is 0. The Labute approximate surface area is 91.3 Å². The molecular weight excluding hydrogens is 188 g/mol. The molecule has 0 spiro atoms. The quantitative estimate of drug-likeness (QED) is 0.787. The van der Waals surface area contributed by atoms with Gasteiger partial charge in [0.2, 0.25) is 0 Å². The van der Waals surface area contributed by atoms with Gasteiger partial charge in [-0.25, -0.2) is 9.97 Å². The molecule has 0 saturated heterocycles. The van der Waals surface area contributed by atoms with Crippen molar-refractivity contribution in [3.05, 3.63) is 17.6 Å². The minimum absolute atomic E-state index is 0.133. The van der Waals surface area contributed by atoms with Crippen molar-refractivity contribution in [3.8, 4) is 0 Å². The Bertz CT molecular complexity index is 333. The largest absolute Gasteiger partial charge is 0.364 e. The fourth-order valence-electron chi connectivity index (χ4n) is 1.27. The third kappa shape index (κ3) is 3.47. The highest BCUT2D eigenvalue weighted by atomic mass is 15.1. The highest BCUT2D eigenvalue weighted by Gasteiger charge is 2.15.